The van der Waals surface area contributed by atoms with E-state index in [2.05, 4.69) is 179 Å². The van der Waals surface area contributed by atoms with E-state index in [0.29, 0.717) is 11.9 Å². The average molecular weight is 715 g/mol. The topological polar surface area (TPSA) is 61.4 Å². The van der Waals surface area contributed by atoms with Gasteiger partial charge in [-0.1, -0.05) is 133 Å². The molecule has 0 amide bonds. The lowest BCUT2D eigenvalue weighted by molar-refractivity contribution is 1.00. The summed E-state index contributed by atoms with van der Waals surface area (Å²) in [7, 11) is 0. The van der Waals surface area contributed by atoms with Crippen LogP contribution in [0.3, 0.4) is 0 Å². The standard InChI is InChI=1S/C50H30N6/c1-3-15-31(16-4-1)37-27-39-40(28-38(37)32-17-5-2-6-18-32)42-30-52-50(56-45-25-13-9-21-35(45)36-22-10-14-26-46(36)56)54-48(42)47-41(39)29-51-49(53-47)55-43-23-11-7-19-33(43)34-20-8-12-24-44(34)55/h1-30H. The van der Waals surface area contributed by atoms with Crippen LogP contribution in [0.1, 0.15) is 0 Å². The normalized spacial score (nSPS) is 11.9. The van der Waals surface area contributed by atoms with Gasteiger partial charge in [0, 0.05) is 44.7 Å². The average Bonchev–Trinajstić information content (AvgIpc) is 3.79. The van der Waals surface area contributed by atoms with Crippen LogP contribution in [-0.2, 0) is 0 Å². The summed E-state index contributed by atoms with van der Waals surface area (Å²) in [6, 6.07) is 59.7. The molecule has 0 N–H and O–H groups in total. The third kappa shape index (κ3) is 4.44. The van der Waals surface area contributed by atoms with Gasteiger partial charge in [-0.05, 0) is 69.4 Å². The molecule has 0 atom stereocenters. The Bertz CT molecular complexity index is 3190. The fourth-order valence-electron chi connectivity index (χ4n) is 8.75. The first-order valence-electron chi connectivity index (χ1n) is 18.8. The second kappa shape index (κ2) is 11.9. The Labute approximate surface area is 320 Å². The first-order chi connectivity index (χ1) is 27.8. The zero-order valence-corrected chi connectivity index (χ0v) is 30.0. The van der Waals surface area contributed by atoms with Crippen molar-refractivity contribution in [3.05, 3.63) is 182 Å². The second-order valence-corrected chi connectivity index (χ2v) is 14.3. The van der Waals surface area contributed by atoms with Gasteiger partial charge in [-0.25, -0.2) is 19.9 Å². The highest BCUT2D eigenvalue weighted by Gasteiger charge is 2.21. The van der Waals surface area contributed by atoms with Gasteiger partial charge in [-0.3, -0.25) is 9.13 Å². The summed E-state index contributed by atoms with van der Waals surface area (Å²) in [4.78, 5) is 21.3. The zero-order chi connectivity index (χ0) is 36.7. The largest absolute Gasteiger partial charge is 0.278 e. The maximum atomic E-state index is 5.48. The summed E-state index contributed by atoms with van der Waals surface area (Å²) in [5, 5.41) is 8.60. The molecule has 0 radical (unpaired) electrons. The van der Waals surface area contributed by atoms with Crippen molar-refractivity contribution in [3.63, 3.8) is 0 Å². The van der Waals surface area contributed by atoms with Crippen molar-refractivity contribution in [3.8, 4) is 34.2 Å². The van der Waals surface area contributed by atoms with Crippen molar-refractivity contribution in [2.45, 2.75) is 0 Å². The number of fused-ring (bicyclic) bond motifs is 12. The van der Waals surface area contributed by atoms with Crippen molar-refractivity contribution in [2.75, 3.05) is 0 Å². The number of rotatable bonds is 4. The second-order valence-electron chi connectivity index (χ2n) is 14.3. The van der Waals surface area contributed by atoms with E-state index in [1.807, 2.05) is 12.4 Å². The Hall–Kier alpha value is -7.70. The number of hydrogen-bond donors (Lipinski definition) is 0. The lowest BCUT2D eigenvalue weighted by Gasteiger charge is -2.17. The first kappa shape index (κ1) is 30.7. The van der Waals surface area contributed by atoms with Gasteiger partial charge in [0.1, 0.15) is 11.0 Å². The molecule has 6 nitrogen and oxygen atoms in total. The van der Waals surface area contributed by atoms with E-state index < -0.39 is 0 Å². The molecule has 4 aromatic heterocycles. The Kier molecular flexibility index (Phi) is 6.53. The van der Waals surface area contributed by atoms with Gasteiger partial charge in [0.05, 0.1) is 22.1 Å². The SMILES string of the molecule is c1ccc(-c2cc3c(cc2-c2ccccc2)c2cnc(-n4c5ccccc5c5ccccc54)nc2c2nc(-n4c5ccccc5c5ccccc54)ncc32)cc1. The van der Waals surface area contributed by atoms with E-state index in [9.17, 15) is 0 Å². The molecule has 4 heterocycles. The van der Waals surface area contributed by atoms with Gasteiger partial charge >= 0.3 is 0 Å². The van der Waals surface area contributed by atoms with Crippen LogP contribution in [0.4, 0.5) is 0 Å². The highest BCUT2D eigenvalue weighted by Crippen LogP contribution is 2.42. The smallest absolute Gasteiger partial charge is 0.235 e. The van der Waals surface area contributed by atoms with Gasteiger partial charge in [0.2, 0.25) is 11.9 Å². The molecule has 0 aliphatic carbocycles. The van der Waals surface area contributed by atoms with Crippen LogP contribution in [0, 0.1) is 0 Å². The number of hydrogen-bond acceptors (Lipinski definition) is 4. The third-order valence-corrected chi connectivity index (χ3v) is 11.2. The van der Waals surface area contributed by atoms with Crippen LogP contribution < -0.4 is 0 Å². The number of aromatic nitrogens is 6. The number of benzene rings is 8. The Morgan fingerprint density at radius 3 is 0.982 bits per heavy atom. The van der Waals surface area contributed by atoms with Crippen molar-refractivity contribution in [1.82, 2.24) is 29.1 Å². The minimum atomic E-state index is 0.594. The molecule has 0 unspecified atom stereocenters. The molecule has 12 rings (SSSR count). The van der Waals surface area contributed by atoms with Crippen LogP contribution in [-0.4, -0.2) is 29.1 Å². The van der Waals surface area contributed by atoms with Crippen LogP contribution in [0.15, 0.2) is 182 Å². The summed E-state index contributed by atoms with van der Waals surface area (Å²) in [6.45, 7) is 0. The van der Waals surface area contributed by atoms with Crippen molar-refractivity contribution in [1.29, 1.82) is 0 Å². The molecule has 0 aliphatic heterocycles. The van der Waals surface area contributed by atoms with Gasteiger partial charge < -0.3 is 0 Å². The summed E-state index contributed by atoms with van der Waals surface area (Å²) in [5.74, 6) is 1.19. The monoisotopic (exact) mass is 714 g/mol. The van der Waals surface area contributed by atoms with Gasteiger partial charge in [-0.2, -0.15) is 0 Å². The van der Waals surface area contributed by atoms with Crippen LogP contribution in [0.5, 0.6) is 0 Å². The Morgan fingerprint density at radius 1 is 0.304 bits per heavy atom. The number of nitrogens with zero attached hydrogens (tertiary/aromatic N) is 6. The third-order valence-electron chi connectivity index (χ3n) is 11.2. The minimum absolute atomic E-state index is 0.594. The van der Waals surface area contributed by atoms with E-state index in [1.165, 1.54) is 0 Å². The molecular formula is C50H30N6. The minimum Gasteiger partial charge on any atom is -0.278 e. The lowest BCUT2D eigenvalue weighted by Crippen LogP contribution is -2.04. The van der Waals surface area contributed by atoms with E-state index in [-0.39, 0.29) is 0 Å². The van der Waals surface area contributed by atoms with Gasteiger partial charge in [0.25, 0.3) is 0 Å². The molecule has 56 heavy (non-hydrogen) atoms. The molecule has 0 spiro atoms. The van der Waals surface area contributed by atoms with Crippen molar-refractivity contribution >= 4 is 76.2 Å². The molecule has 0 saturated carbocycles. The maximum Gasteiger partial charge on any atom is 0.235 e. The Balaban J connectivity index is 1.23. The fraction of sp³-hybridized carbons (Fsp3) is 0. The van der Waals surface area contributed by atoms with Gasteiger partial charge in [-0.15, -0.1) is 0 Å². The van der Waals surface area contributed by atoms with Crippen LogP contribution in [0.2, 0.25) is 0 Å². The van der Waals surface area contributed by atoms with Crippen molar-refractivity contribution in [2.24, 2.45) is 0 Å². The number of para-hydroxylation sites is 4. The molecule has 260 valence electrons. The molecule has 8 aromatic carbocycles. The highest BCUT2D eigenvalue weighted by molar-refractivity contribution is 6.24. The lowest BCUT2D eigenvalue weighted by atomic mass is 9.89. The fourth-order valence-corrected chi connectivity index (χ4v) is 8.75. The molecule has 0 aliphatic rings. The summed E-state index contributed by atoms with van der Waals surface area (Å²) < 4.78 is 4.34. The molecule has 12 aromatic rings. The maximum absolute atomic E-state index is 5.48. The van der Waals surface area contributed by atoms with E-state index in [0.717, 1.165) is 98.4 Å². The molecule has 0 saturated heterocycles. The molecule has 6 heteroatoms. The summed E-state index contributed by atoms with van der Waals surface area (Å²) in [5.41, 5.74) is 10.3. The van der Waals surface area contributed by atoms with E-state index >= 15 is 0 Å². The summed E-state index contributed by atoms with van der Waals surface area (Å²) in [6.07, 6.45) is 3.98. The van der Waals surface area contributed by atoms with E-state index in [4.69, 9.17) is 19.9 Å². The van der Waals surface area contributed by atoms with Crippen LogP contribution in [0.25, 0.3) is 110 Å². The van der Waals surface area contributed by atoms with Crippen LogP contribution >= 0.6 is 0 Å². The highest BCUT2D eigenvalue weighted by atomic mass is 15.2. The zero-order valence-electron chi connectivity index (χ0n) is 30.0. The molecule has 0 bridgehead atoms. The molecule has 0 fully saturated rings. The Morgan fingerprint density at radius 2 is 0.625 bits per heavy atom. The summed E-state index contributed by atoms with van der Waals surface area (Å²) >= 11 is 0. The van der Waals surface area contributed by atoms with Crippen molar-refractivity contribution < 1.29 is 0 Å². The molecular weight excluding hydrogens is 685 g/mol. The quantitative estimate of drug-likeness (QED) is 0.170. The first-order valence-corrected chi connectivity index (χ1v) is 18.8. The predicted octanol–water partition coefficient (Wildman–Crippen LogP) is 12.3. The van der Waals surface area contributed by atoms with Gasteiger partial charge in [0.15, 0.2) is 0 Å². The van der Waals surface area contributed by atoms with E-state index in [1.54, 1.807) is 0 Å². The predicted molar refractivity (Wildman–Crippen MR) is 230 cm³/mol.